The molecule has 0 aliphatic rings. The summed E-state index contributed by atoms with van der Waals surface area (Å²) in [5.74, 6) is 0. The van der Waals surface area contributed by atoms with Crippen molar-refractivity contribution in [2.75, 3.05) is 6.54 Å². The fraction of sp³-hybridized carbons (Fsp3) is 0.333. The molecule has 0 radical (unpaired) electrons. The maximum atomic E-state index is 12.7. The molecular formula is C12H12BrF3N4. The summed E-state index contributed by atoms with van der Waals surface area (Å²) in [6, 6.07) is 3.39. The third-order valence-corrected chi connectivity index (χ3v) is 3.37. The summed E-state index contributed by atoms with van der Waals surface area (Å²) >= 11 is 3.22. The molecule has 0 saturated heterocycles. The van der Waals surface area contributed by atoms with Gasteiger partial charge >= 0.3 is 6.18 Å². The largest absolute Gasteiger partial charge is 0.416 e. The van der Waals surface area contributed by atoms with E-state index in [2.05, 4.69) is 26.2 Å². The number of hydrogen-bond donors (Lipinski definition) is 1. The molecule has 2 N–H and O–H groups in total. The molecule has 0 amide bonds. The fourth-order valence-electron chi connectivity index (χ4n) is 1.68. The second-order valence-electron chi connectivity index (χ2n) is 4.21. The highest BCUT2D eigenvalue weighted by Crippen LogP contribution is 2.33. The van der Waals surface area contributed by atoms with Crippen molar-refractivity contribution in [3.05, 3.63) is 40.1 Å². The van der Waals surface area contributed by atoms with E-state index in [9.17, 15) is 13.2 Å². The Hall–Kier alpha value is -1.41. The van der Waals surface area contributed by atoms with Gasteiger partial charge in [0.05, 0.1) is 23.1 Å². The van der Waals surface area contributed by atoms with E-state index < -0.39 is 11.7 Å². The molecule has 1 aromatic heterocycles. The zero-order chi connectivity index (χ0) is 14.8. The van der Waals surface area contributed by atoms with Crippen molar-refractivity contribution in [2.45, 2.75) is 19.0 Å². The maximum Gasteiger partial charge on any atom is 0.416 e. The molecule has 0 aliphatic heterocycles. The molecule has 0 fully saturated rings. The molecule has 1 heterocycles. The molecule has 0 atom stereocenters. The Labute approximate surface area is 121 Å². The minimum Gasteiger partial charge on any atom is -0.330 e. The SMILES string of the molecule is NCCCc1cn(-c2cc(C(F)(F)F)ccc2Br)nn1. The lowest BCUT2D eigenvalue weighted by atomic mass is 10.2. The van der Waals surface area contributed by atoms with Gasteiger partial charge in [-0.2, -0.15) is 13.2 Å². The van der Waals surface area contributed by atoms with E-state index in [4.69, 9.17) is 5.73 Å². The van der Waals surface area contributed by atoms with E-state index in [1.165, 1.54) is 10.7 Å². The Kier molecular flexibility index (Phi) is 4.44. The summed E-state index contributed by atoms with van der Waals surface area (Å²) < 4.78 is 40.0. The number of aryl methyl sites for hydroxylation is 1. The Morgan fingerprint density at radius 3 is 2.70 bits per heavy atom. The van der Waals surface area contributed by atoms with E-state index in [1.807, 2.05) is 0 Å². The highest BCUT2D eigenvalue weighted by Gasteiger charge is 2.31. The van der Waals surface area contributed by atoms with Crippen LogP contribution in [0.2, 0.25) is 0 Å². The van der Waals surface area contributed by atoms with Crippen molar-refractivity contribution in [3.8, 4) is 5.69 Å². The van der Waals surface area contributed by atoms with Gasteiger partial charge in [-0.15, -0.1) is 5.10 Å². The molecule has 0 aliphatic carbocycles. The van der Waals surface area contributed by atoms with Gasteiger partial charge in [0.25, 0.3) is 0 Å². The summed E-state index contributed by atoms with van der Waals surface area (Å²) in [5, 5.41) is 7.77. The Bertz CT molecular complexity index is 595. The number of nitrogens with two attached hydrogens (primary N) is 1. The topological polar surface area (TPSA) is 56.7 Å². The van der Waals surface area contributed by atoms with Gasteiger partial charge in [-0.3, -0.25) is 0 Å². The number of hydrogen-bond acceptors (Lipinski definition) is 3. The molecule has 2 aromatic rings. The van der Waals surface area contributed by atoms with Gasteiger partial charge in [0.15, 0.2) is 0 Å². The van der Waals surface area contributed by atoms with Gasteiger partial charge in [0.1, 0.15) is 0 Å². The van der Waals surface area contributed by atoms with Gasteiger partial charge in [-0.05, 0) is 53.5 Å². The first-order valence-electron chi connectivity index (χ1n) is 5.90. The first-order chi connectivity index (χ1) is 9.41. The van der Waals surface area contributed by atoms with Crippen LogP contribution in [0.25, 0.3) is 5.69 Å². The van der Waals surface area contributed by atoms with Crippen LogP contribution in [-0.4, -0.2) is 21.5 Å². The third kappa shape index (κ3) is 3.37. The van der Waals surface area contributed by atoms with Crippen molar-refractivity contribution < 1.29 is 13.2 Å². The molecule has 2 rings (SSSR count). The minimum atomic E-state index is -4.39. The molecule has 8 heteroatoms. The van der Waals surface area contributed by atoms with Crippen molar-refractivity contribution in [2.24, 2.45) is 5.73 Å². The van der Waals surface area contributed by atoms with E-state index in [-0.39, 0.29) is 0 Å². The van der Waals surface area contributed by atoms with Crippen LogP contribution < -0.4 is 5.73 Å². The molecule has 0 bridgehead atoms. The van der Waals surface area contributed by atoms with E-state index >= 15 is 0 Å². The van der Waals surface area contributed by atoms with Crippen molar-refractivity contribution >= 4 is 15.9 Å². The van der Waals surface area contributed by atoms with Gasteiger partial charge in [0, 0.05) is 4.47 Å². The van der Waals surface area contributed by atoms with Crippen molar-refractivity contribution in [1.82, 2.24) is 15.0 Å². The van der Waals surface area contributed by atoms with Gasteiger partial charge in [-0.25, -0.2) is 4.68 Å². The van der Waals surface area contributed by atoms with Gasteiger partial charge < -0.3 is 5.73 Å². The van der Waals surface area contributed by atoms with E-state index in [0.29, 0.717) is 28.8 Å². The van der Waals surface area contributed by atoms with E-state index in [1.54, 1.807) is 6.20 Å². The molecule has 0 spiro atoms. The molecule has 1 aromatic carbocycles. The highest BCUT2D eigenvalue weighted by atomic mass is 79.9. The summed E-state index contributed by atoms with van der Waals surface area (Å²) in [6.07, 6.45) is -1.39. The fourth-order valence-corrected chi connectivity index (χ4v) is 2.11. The lowest BCUT2D eigenvalue weighted by molar-refractivity contribution is -0.137. The van der Waals surface area contributed by atoms with Crippen LogP contribution in [0, 0.1) is 0 Å². The maximum absolute atomic E-state index is 12.7. The Morgan fingerprint density at radius 2 is 2.05 bits per heavy atom. The molecule has 20 heavy (non-hydrogen) atoms. The number of alkyl halides is 3. The number of benzene rings is 1. The quantitative estimate of drug-likeness (QED) is 0.924. The van der Waals surface area contributed by atoms with Crippen LogP contribution in [-0.2, 0) is 12.6 Å². The summed E-state index contributed by atoms with van der Waals surface area (Å²) in [7, 11) is 0. The van der Waals surface area contributed by atoms with Crippen LogP contribution in [0.4, 0.5) is 13.2 Å². The van der Waals surface area contributed by atoms with Crippen molar-refractivity contribution in [3.63, 3.8) is 0 Å². The van der Waals surface area contributed by atoms with Crippen molar-refractivity contribution in [1.29, 1.82) is 0 Å². The van der Waals surface area contributed by atoms with Gasteiger partial charge in [-0.1, -0.05) is 5.21 Å². The second kappa shape index (κ2) is 5.92. The predicted octanol–water partition coefficient (Wildman–Crippen LogP) is 2.94. The van der Waals surface area contributed by atoms with Crippen LogP contribution in [0.3, 0.4) is 0 Å². The Morgan fingerprint density at radius 1 is 1.30 bits per heavy atom. The Balaban J connectivity index is 2.34. The average molecular weight is 349 g/mol. The first kappa shape index (κ1) is 15.0. The van der Waals surface area contributed by atoms with Gasteiger partial charge in [0.2, 0.25) is 0 Å². The van der Waals surface area contributed by atoms with Crippen LogP contribution in [0.1, 0.15) is 17.7 Å². The number of halogens is 4. The summed E-state index contributed by atoms with van der Waals surface area (Å²) in [4.78, 5) is 0. The lowest BCUT2D eigenvalue weighted by Gasteiger charge is -2.10. The normalized spacial score (nSPS) is 11.8. The van der Waals surface area contributed by atoms with Crippen LogP contribution in [0.15, 0.2) is 28.9 Å². The molecule has 4 nitrogen and oxygen atoms in total. The van der Waals surface area contributed by atoms with E-state index in [0.717, 1.165) is 18.6 Å². The zero-order valence-electron chi connectivity index (χ0n) is 10.4. The highest BCUT2D eigenvalue weighted by molar-refractivity contribution is 9.10. The molecule has 108 valence electrons. The molecule has 0 saturated carbocycles. The lowest BCUT2D eigenvalue weighted by Crippen LogP contribution is -2.07. The number of rotatable bonds is 4. The standard InChI is InChI=1S/C12H12BrF3N4/c13-10-4-3-8(12(14,15)16)6-11(10)20-7-9(18-19-20)2-1-5-17/h3-4,6-7H,1-2,5,17H2. The zero-order valence-corrected chi connectivity index (χ0v) is 11.9. The first-order valence-corrected chi connectivity index (χ1v) is 6.69. The smallest absolute Gasteiger partial charge is 0.330 e. The molecule has 0 unspecified atom stereocenters. The average Bonchev–Trinajstić information content (AvgIpc) is 2.84. The summed E-state index contributed by atoms with van der Waals surface area (Å²) in [6.45, 7) is 0.528. The number of nitrogens with zero attached hydrogens (tertiary/aromatic N) is 3. The second-order valence-corrected chi connectivity index (χ2v) is 5.06. The monoisotopic (exact) mass is 348 g/mol. The van der Waals surface area contributed by atoms with Crippen LogP contribution in [0.5, 0.6) is 0 Å². The molecular weight excluding hydrogens is 337 g/mol. The predicted molar refractivity (Wildman–Crippen MR) is 71.4 cm³/mol. The third-order valence-electron chi connectivity index (χ3n) is 2.70. The summed E-state index contributed by atoms with van der Waals surface area (Å²) in [5.41, 5.74) is 5.66. The number of aromatic nitrogens is 3. The minimum absolute atomic E-state index is 0.298. The van der Waals surface area contributed by atoms with Crippen LogP contribution >= 0.6 is 15.9 Å².